The zero-order valence-corrected chi connectivity index (χ0v) is 17.5. The molecule has 24 heavy (non-hydrogen) atoms. The van der Waals surface area contributed by atoms with Crippen LogP contribution in [0.4, 0.5) is 0 Å². The summed E-state index contributed by atoms with van der Waals surface area (Å²) in [6.07, 6.45) is 4.58. The van der Waals surface area contributed by atoms with Gasteiger partial charge in [-0.1, -0.05) is 23.9 Å². The molecule has 2 heterocycles. The van der Waals surface area contributed by atoms with Crippen molar-refractivity contribution in [3.8, 4) is 0 Å². The van der Waals surface area contributed by atoms with Crippen LogP contribution < -0.4 is 0 Å². The van der Waals surface area contributed by atoms with Gasteiger partial charge in [0, 0.05) is 6.42 Å². The Labute approximate surface area is 154 Å². The molecule has 2 fully saturated rings. The average Bonchev–Trinajstić information content (AvgIpc) is 2.57. The second-order valence-corrected chi connectivity index (χ2v) is 9.25. The lowest BCUT2D eigenvalue weighted by molar-refractivity contribution is -0.247. The maximum atomic E-state index is 13.0. The molecule has 2 aliphatic heterocycles. The molecule has 1 amide bonds. The molecule has 2 aliphatic rings. The smallest absolute Gasteiger partial charge is 0.238 e. The topological polar surface area (TPSA) is 42.5 Å². The third-order valence-electron chi connectivity index (χ3n) is 4.51. The number of rotatable bonds is 4. The van der Waals surface area contributed by atoms with E-state index in [2.05, 4.69) is 53.8 Å². The number of carbonyl (C=O) groups excluding carboxylic acids is 1. The van der Waals surface area contributed by atoms with Crippen LogP contribution in [0.3, 0.4) is 0 Å². The molecule has 0 aromatic heterocycles. The minimum absolute atomic E-state index is 0.150. The van der Waals surface area contributed by atoms with Gasteiger partial charge in [-0.2, -0.15) is 10.1 Å². The summed E-state index contributed by atoms with van der Waals surface area (Å²) < 4.78 is 4.51. The highest BCUT2D eigenvalue weighted by Crippen LogP contribution is 2.34. The predicted octanol–water partition coefficient (Wildman–Crippen LogP) is 1.90. The number of nitrogens with zero attached hydrogens (tertiary/aromatic N) is 5. The van der Waals surface area contributed by atoms with E-state index >= 15 is 0 Å². The van der Waals surface area contributed by atoms with Gasteiger partial charge in [-0.25, -0.2) is 8.61 Å². The molecular weight excluding hydrogens is 346 g/mol. The van der Waals surface area contributed by atoms with Crippen LogP contribution in [-0.2, 0) is 9.63 Å². The van der Waals surface area contributed by atoms with Crippen molar-refractivity contribution in [2.45, 2.75) is 45.2 Å². The van der Waals surface area contributed by atoms with Crippen LogP contribution >= 0.6 is 23.9 Å². The second-order valence-electron chi connectivity index (χ2n) is 7.49. The predicted molar refractivity (Wildman–Crippen MR) is 100 cm³/mol. The summed E-state index contributed by atoms with van der Waals surface area (Å²) in [7, 11) is 1.69. The zero-order valence-electron chi connectivity index (χ0n) is 15.9. The zero-order chi connectivity index (χ0) is 18.1. The highest BCUT2D eigenvalue weighted by Gasteiger charge is 2.47. The molecule has 0 atom stereocenters. The molecule has 0 unspecified atom stereocenters. The molecule has 0 aromatic rings. The van der Waals surface area contributed by atoms with Crippen molar-refractivity contribution in [2.75, 3.05) is 46.2 Å². The Balaban J connectivity index is 2.27. The van der Waals surface area contributed by atoms with Crippen LogP contribution in [0.15, 0.2) is 0 Å². The number of amides is 1. The lowest BCUT2D eigenvalue weighted by atomic mass is 9.95. The molecule has 0 radical (unpaired) electrons. The maximum absolute atomic E-state index is 13.0. The minimum atomic E-state index is -0.349. The van der Waals surface area contributed by atoms with E-state index in [1.165, 1.54) is 0 Å². The molecule has 0 aliphatic carbocycles. The number of hydroxylamine groups is 2. The van der Waals surface area contributed by atoms with Crippen LogP contribution in [0.5, 0.6) is 0 Å². The summed E-state index contributed by atoms with van der Waals surface area (Å²) in [5, 5.41) is 6.04. The molecule has 0 saturated carbocycles. The van der Waals surface area contributed by atoms with Gasteiger partial charge in [-0.05, 0) is 40.2 Å². The quantitative estimate of drug-likeness (QED) is 0.688. The molecule has 2 rings (SSSR count). The Morgan fingerprint density at radius 3 is 1.96 bits per heavy atom. The van der Waals surface area contributed by atoms with Crippen molar-refractivity contribution in [3.05, 3.63) is 0 Å². The fourth-order valence-corrected chi connectivity index (χ4v) is 4.76. The molecular formula is C15H31N5O2S2. The SMILES string of the molecule is CON1C(C)(C)CC(=O)N(N2CN(SC)CN(SC)C2)CC1(C)C. The largest absolute Gasteiger partial charge is 0.301 e. The first-order valence-electron chi connectivity index (χ1n) is 8.12. The Morgan fingerprint density at radius 1 is 0.958 bits per heavy atom. The van der Waals surface area contributed by atoms with E-state index in [0.29, 0.717) is 13.0 Å². The van der Waals surface area contributed by atoms with E-state index < -0.39 is 0 Å². The van der Waals surface area contributed by atoms with Gasteiger partial charge in [-0.15, -0.1) is 0 Å². The third-order valence-corrected chi connectivity index (χ3v) is 6.00. The summed E-state index contributed by atoms with van der Waals surface area (Å²) in [4.78, 5) is 18.7. The fraction of sp³-hybridized carbons (Fsp3) is 0.933. The summed E-state index contributed by atoms with van der Waals surface area (Å²) in [6.45, 7) is 11.4. The normalized spacial score (nSPS) is 27.5. The van der Waals surface area contributed by atoms with Crippen molar-refractivity contribution < 1.29 is 9.63 Å². The highest BCUT2D eigenvalue weighted by molar-refractivity contribution is 7.97. The van der Waals surface area contributed by atoms with Gasteiger partial charge in [0.05, 0.1) is 44.7 Å². The Bertz CT molecular complexity index is 451. The monoisotopic (exact) mass is 377 g/mol. The van der Waals surface area contributed by atoms with Crippen molar-refractivity contribution in [1.29, 1.82) is 0 Å². The van der Waals surface area contributed by atoms with Crippen LogP contribution in [-0.4, -0.2) is 86.8 Å². The van der Waals surface area contributed by atoms with E-state index in [-0.39, 0.29) is 17.0 Å². The summed E-state index contributed by atoms with van der Waals surface area (Å²) in [5.41, 5.74) is -0.630. The highest BCUT2D eigenvalue weighted by atomic mass is 32.2. The van der Waals surface area contributed by atoms with Gasteiger partial charge in [-0.3, -0.25) is 9.80 Å². The molecule has 7 nitrogen and oxygen atoms in total. The van der Waals surface area contributed by atoms with E-state index in [4.69, 9.17) is 4.84 Å². The number of carbonyl (C=O) groups is 1. The van der Waals surface area contributed by atoms with Gasteiger partial charge in [0.15, 0.2) is 0 Å². The third kappa shape index (κ3) is 4.20. The summed E-state index contributed by atoms with van der Waals surface area (Å²) in [5.74, 6) is 0.150. The van der Waals surface area contributed by atoms with Crippen LogP contribution in [0, 0.1) is 0 Å². The van der Waals surface area contributed by atoms with Gasteiger partial charge in [0.25, 0.3) is 0 Å². The van der Waals surface area contributed by atoms with Gasteiger partial charge in [0.1, 0.15) is 0 Å². The van der Waals surface area contributed by atoms with Crippen molar-refractivity contribution in [3.63, 3.8) is 0 Å². The first kappa shape index (κ1) is 20.3. The van der Waals surface area contributed by atoms with Crippen molar-refractivity contribution in [2.24, 2.45) is 0 Å². The van der Waals surface area contributed by atoms with E-state index in [0.717, 1.165) is 20.0 Å². The maximum Gasteiger partial charge on any atom is 0.238 e. The molecule has 0 aromatic carbocycles. The first-order chi connectivity index (χ1) is 11.1. The first-order valence-corrected chi connectivity index (χ1v) is 10.5. The minimum Gasteiger partial charge on any atom is -0.301 e. The molecule has 2 saturated heterocycles. The van der Waals surface area contributed by atoms with E-state index in [9.17, 15) is 4.79 Å². The summed E-state index contributed by atoms with van der Waals surface area (Å²) in [6, 6.07) is 0. The molecule has 0 N–H and O–H groups in total. The van der Waals surface area contributed by atoms with Crippen LogP contribution in [0.2, 0.25) is 0 Å². The van der Waals surface area contributed by atoms with E-state index in [1.807, 2.05) is 10.1 Å². The molecule has 0 spiro atoms. The number of hydrogen-bond donors (Lipinski definition) is 0. The molecule has 9 heteroatoms. The Hall–Kier alpha value is -0.0300. The lowest BCUT2D eigenvalue weighted by Crippen LogP contribution is -2.61. The van der Waals surface area contributed by atoms with E-state index in [1.54, 1.807) is 31.0 Å². The van der Waals surface area contributed by atoms with Crippen LogP contribution in [0.1, 0.15) is 34.1 Å². The van der Waals surface area contributed by atoms with Crippen molar-refractivity contribution >= 4 is 29.8 Å². The van der Waals surface area contributed by atoms with Crippen LogP contribution in [0.25, 0.3) is 0 Å². The molecule has 140 valence electrons. The van der Waals surface area contributed by atoms with Gasteiger partial charge < -0.3 is 4.84 Å². The molecule has 0 bridgehead atoms. The fourth-order valence-electron chi connectivity index (χ4n) is 3.68. The van der Waals surface area contributed by atoms with Gasteiger partial charge in [0.2, 0.25) is 5.91 Å². The Kier molecular flexibility index (Phi) is 6.50. The standard InChI is InChI=1S/C15H31N5O2S2/c1-14(2)8-13(21)19(9-15(3,4)20(14)22-5)16-10-17(23-6)12-18(11-16)24-7/h8-12H2,1-7H3. The second kappa shape index (κ2) is 7.69. The van der Waals surface area contributed by atoms with Crippen molar-refractivity contribution in [1.82, 2.24) is 23.7 Å². The van der Waals surface area contributed by atoms with Gasteiger partial charge >= 0.3 is 0 Å². The Morgan fingerprint density at radius 2 is 1.50 bits per heavy atom. The lowest BCUT2D eigenvalue weighted by Gasteiger charge is -2.47. The average molecular weight is 378 g/mol. The number of hydrogen-bond acceptors (Lipinski definition) is 8. The summed E-state index contributed by atoms with van der Waals surface area (Å²) >= 11 is 3.41. The number of hydrazine groups is 1.